The number of carbonyl (C=O) groups is 3. The molecule has 2 amide bonds. The van der Waals surface area contributed by atoms with Crippen molar-refractivity contribution in [1.82, 2.24) is 10.9 Å². The summed E-state index contributed by atoms with van der Waals surface area (Å²) in [5.41, 5.74) is 5.98. The number of para-hydroxylation sites is 1. The average Bonchev–Trinajstić information content (AvgIpc) is 2.71. The maximum absolute atomic E-state index is 12.2. The molecular formula is C20H18N2O5. The SMILES string of the molecule is C[C@@H](OC(=O)C1=Cc2ccccc2OC1)C(=O)NNC(=O)c1ccccc1. The maximum atomic E-state index is 12.2. The number of hydrazine groups is 1. The summed E-state index contributed by atoms with van der Waals surface area (Å²) in [5, 5.41) is 0. The van der Waals surface area contributed by atoms with Crippen LogP contribution in [0.15, 0.2) is 60.2 Å². The lowest BCUT2D eigenvalue weighted by molar-refractivity contribution is -0.151. The topological polar surface area (TPSA) is 93.7 Å². The van der Waals surface area contributed by atoms with Crippen molar-refractivity contribution in [2.24, 2.45) is 0 Å². The van der Waals surface area contributed by atoms with E-state index in [1.807, 2.05) is 18.2 Å². The van der Waals surface area contributed by atoms with E-state index in [0.29, 0.717) is 16.9 Å². The minimum atomic E-state index is -1.09. The zero-order valence-electron chi connectivity index (χ0n) is 14.6. The standard InChI is InChI=1S/C20H18N2O5/c1-13(18(23)21-22-19(24)14-7-3-2-4-8-14)27-20(25)16-11-15-9-5-6-10-17(15)26-12-16/h2-11,13H,12H2,1H3,(H,21,23)(H,22,24)/t13-/m1/s1. The fraction of sp³-hybridized carbons (Fsp3) is 0.150. The Kier molecular flexibility index (Phi) is 5.51. The Hall–Kier alpha value is -3.61. The molecule has 1 heterocycles. The van der Waals surface area contributed by atoms with Gasteiger partial charge in [-0.3, -0.25) is 20.4 Å². The number of nitrogens with one attached hydrogen (secondary N) is 2. The predicted molar refractivity (Wildman–Crippen MR) is 97.5 cm³/mol. The summed E-state index contributed by atoms with van der Waals surface area (Å²) >= 11 is 0. The molecule has 1 aliphatic heterocycles. The van der Waals surface area contributed by atoms with Crippen LogP contribution in [-0.2, 0) is 14.3 Å². The first-order chi connectivity index (χ1) is 13.0. The molecule has 0 saturated heterocycles. The van der Waals surface area contributed by atoms with Gasteiger partial charge in [-0.2, -0.15) is 0 Å². The average molecular weight is 366 g/mol. The van der Waals surface area contributed by atoms with Gasteiger partial charge in [-0.15, -0.1) is 0 Å². The van der Waals surface area contributed by atoms with Gasteiger partial charge in [0.15, 0.2) is 6.10 Å². The minimum absolute atomic E-state index is 0.0644. The Labute approximate surface area is 155 Å². The number of carbonyl (C=O) groups excluding carboxylic acids is 3. The highest BCUT2D eigenvalue weighted by Crippen LogP contribution is 2.26. The molecule has 7 nitrogen and oxygen atoms in total. The number of rotatable bonds is 4. The number of ether oxygens (including phenoxy) is 2. The monoisotopic (exact) mass is 366 g/mol. The molecule has 27 heavy (non-hydrogen) atoms. The third kappa shape index (κ3) is 4.52. The van der Waals surface area contributed by atoms with Crippen molar-refractivity contribution in [3.05, 3.63) is 71.3 Å². The molecule has 0 aromatic heterocycles. The number of hydrogen-bond acceptors (Lipinski definition) is 5. The molecule has 2 N–H and O–H groups in total. The van der Waals surface area contributed by atoms with Gasteiger partial charge in [0.05, 0.1) is 5.57 Å². The van der Waals surface area contributed by atoms with Crippen LogP contribution in [0.3, 0.4) is 0 Å². The number of fused-ring (bicyclic) bond motifs is 1. The Morgan fingerprint density at radius 2 is 1.70 bits per heavy atom. The van der Waals surface area contributed by atoms with Crippen LogP contribution >= 0.6 is 0 Å². The van der Waals surface area contributed by atoms with Gasteiger partial charge in [0.1, 0.15) is 12.4 Å². The van der Waals surface area contributed by atoms with Gasteiger partial charge in [0.25, 0.3) is 11.8 Å². The Bertz CT molecular complexity index is 892. The molecule has 1 aliphatic rings. The molecule has 0 saturated carbocycles. The van der Waals surface area contributed by atoms with E-state index in [1.165, 1.54) is 6.92 Å². The van der Waals surface area contributed by atoms with E-state index in [-0.39, 0.29) is 6.61 Å². The number of benzene rings is 2. The van der Waals surface area contributed by atoms with Gasteiger partial charge < -0.3 is 9.47 Å². The number of esters is 1. The van der Waals surface area contributed by atoms with Crippen molar-refractivity contribution in [3.8, 4) is 5.75 Å². The summed E-state index contributed by atoms with van der Waals surface area (Å²) in [6, 6.07) is 15.7. The van der Waals surface area contributed by atoms with Gasteiger partial charge in [0, 0.05) is 11.1 Å². The van der Waals surface area contributed by atoms with Gasteiger partial charge >= 0.3 is 5.97 Å². The molecule has 2 aromatic carbocycles. The molecule has 7 heteroatoms. The van der Waals surface area contributed by atoms with E-state index in [2.05, 4.69) is 10.9 Å². The first-order valence-corrected chi connectivity index (χ1v) is 8.33. The third-order valence-electron chi connectivity index (χ3n) is 3.88. The normalized spacial score (nSPS) is 13.3. The van der Waals surface area contributed by atoms with E-state index in [9.17, 15) is 14.4 Å². The second-order valence-electron chi connectivity index (χ2n) is 5.85. The van der Waals surface area contributed by atoms with E-state index < -0.39 is 23.9 Å². The van der Waals surface area contributed by atoms with E-state index in [0.717, 1.165) is 5.56 Å². The molecule has 2 aromatic rings. The van der Waals surface area contributed by atoms with Crippen LogP contribution in [0, 0.1) is 0 Å². The van der Waals surface area contributed by atoms with E-state index >= 15 is 0 Å². The molecule has 1 atom stereocenters. The van der Waals surface area contributed by atoms with Crippen molar-refractivity contribution >= 4 is 23.9 Å². The Balaban J connectivity index is 1.53. The van der Waals surface area contributed by atoms with Gasteiger partial charge in [0.2, 0.25) is 0 Å². The molecule has 0 aliphatic carbocycles. The largest absolute Gasteiger partial charge is 0.488 e. The molecular weight excluding hydrogens is 348 g/mol. The molecule has 0 spiro atoms. The predicted octanol–water partition coefficient (Wildman–Crippen LogP) is 1.86. The summed E-state index contributed by atoms with van der Waals surface area (Å²) in [5.74, 6) is -1.09. The summed E-state index contributed by atoms with van der Waals surface area (Å²) < 4.78 is 10.7. The van der Waals surface area contributed by atoms with Gasteiger partial charge in [-0.25, -0.2) is 4.79 Å². The van der Waals surface area contributed by atoms with E-state index in [1.54, 1.807) is 42.5 Å². The zero-order chi connectivity index (χ0) is 19.2. The van der Waals surface area contributed by atoms with Gasteiger partial charge in [-0.05, 0) is 31.2 Å². The highest BCUT2D eigenvalue weighted by Gasteiger charge is 2.23. The highest BCUT2D eigenvalue weighted by molar-refractivity contribution is 5.98. The second-order valence-corrected chi connectivity index (χ2v) is 5.85. The van der Waals surface area contributed by atoms with Crippen molar-refractivity contribution < 1.29 is 23.9 Å². The lowest BCUT2D eigenvalue weighted by Crippen LogP contribution is -2.46. The quantitative estimate of drug-likeness (QED) is 0.636. The van der Waals surface area contributed by atoms with Crippen LogP contribution in [0.4, 0.5) is 0 Å². The summed E-state index contributed by atoms with van der Waals surface area (Å²) in [7, 11) is 0. The molecule has 138 valence electrons. The van der Waals surface area contributed by atoms with Crippen LogP contribution in [0.5, 0.6) is 5.75 Å². The van der Waals surface area contributed by atoms with Crippen molar-refractivity contribution in [2.45, 2.75) is 13.0 Å². The highest BCUT2D eigenvalue weighted by atomic mass is 16.6. The van der Waals surface area contributed by atoms with Crippen molar-refractivity contribution in [3.63, 3.8) is 0 Å². The van der Waals surface area contributed by atoms with Crippen LogP contribution in [0.2, 0.25) is 0 Å². The first kappa shape index (κ1) is 18.2. The summed E-state index contributed by atoms with van der Waals surface area (Å²) in [4.78, 5) is 36.2. The molecule has 0 radical (unpaired) electrons. The van der Waals surface area contributed by atoms with Crippen LogP contribution in [0.1, 0.15) is 22.8 Å². The van der Waals surface area contributed by atoms with E-state index in [4.69, 9.17) is 9.47 Å². The second kappa shape index (κ2) is 8.18. The summed E-state index contributed by atoms with van der Waals surface area (Å²) in [6.45, 7) is 1.48. The lowest BCUT2D eigenvalue weighted by atomic mass is 10.1. The van der Waals surface area contributed by atoms with Crippen molar-refractivity contribution in [2.75, 3.05) is 6.61 Å². The van der Waals surface area contributed by atoms with Crippen LogP contribution in [0.25, 0.3) is 6.08 Å². The minimum Gasteiger partial charge on any atom is -0.488 e. The smallest absolute Gasteiger partial charge is 0.338 e. The number of hydrogen-bond donors (Lipinski definition) is 2. The third-order valence-corrected chi connectivity index (χ3v) is 3.88. The zero-order valence-corrected chi connectivity index (χ0v) is 14.6. The first-order valence-electron chi connectivity index (χ1n) is 8.33. The van der Waals surface area contributed by atoms with Gasteiger partial charge in [-0.1, -0.05) is 36.4 Å². The molecule has 0 fully saturated rings. The number of amides is 2. The lowest BCUT2D eigenvalue weighted by Gasteiger charge is -2.19. The summed E-state index contributed by atoms with van der Waals surface area (Å²) in [6.07, 6.45) is 0.579. The Morgan fingerprint density at radius 1 is 1.00 bits per heavy atom. The van der Waals surface area contributed by atoms with Crippen LogP contribution in [-0.4, -0.2) is 30.5 Å². The molecule has 3 rings (SSSR count). The molecule has 0 bridgehead atoms. The maximum Gasteiger partial charge on any atom is 0.338 e. The van der Waals surface area contributed by atoms with Crippen LogP contribution < -0.4 is 15.6 Å². The van der Waals surface area contributed by atoms with Crippen molar-refractivity contribution in [1.29, 1.82) is 0 Å². The molecule has 0 unspecified atom stereocenters. The fourth-order valence-corrected chi connectivity index (χ4v) is 2.41. The fourth-order valence-electron chi connectivity index (χ4n) is 2.41. The Morgan fingerprint density at radius 3 is 2.48 bits per heavy atom.